The summed E-state index contributed by atoms with van der Waals surface area (Å²) >= 11 is 0. The number of hydrogen-bond donors (Lipinski definition) is 1. The number of carbonyl (C=O) groups excluding carboxylic acids is 2. The second-order valence-corrected chi connectivity index (χ2v) is 9.34. The third-order valence-electron chi connectivity index (χ3n) is 4.99. The summed E-state index contributed by atoms with van der Waals surface area (Å²) in [5, 5.41) is 3.36. The summed E-state index contributed by atoms with van der Waals surface area (Å²) in [7, 11) is 0. The van der Waals surface area contributed by atoms with Gasteiger partial charge in [-0.3, -0.25) is 4.79 Å². The fraction of sp³-hybridized carbons (Fsp3) is 0.478. The molecule has 144 valence electrons. The van der Waals surface area contributed by atoms with E-state index in [4.69, 9.17) is 4.74 Å². The number of rotatable bonds is 2. The number of esters is 1. The van der Waals surface area contributed by atoms with Crippen molar-refractivity contribution in [3.05, 3.63) is 58.4 Å². The Hall–Kier alpha value is -2.36. The van der Waals surface area contributed by atoms with Crippen LogP contribution in [0, 0.1) is 5.41 Å². The van der Waals surface area contributed by atoms with E-state index in [2.05, 4.69) is 19.2 Å². The maximum atomic E-state index is 13.1. The summed E-state index contributed by atoms with van der Waals surface area (Å²) in [6.45, 7) is 11.7. The first kappa shape index (κ1) is 19.4. The van der Waals surface area contributed by atoms with Crippen LogP contribution in [0.4, 0.5) is 0 Å². The number of carbonyl (C=O) groups is 2. The van der Waals surface area contributed by atoms with Crippen LogP contribution in [0.15, 0.2) is 52.9 Å². The van der Waals surface area contributed by atoms with Crippen LogP contribution in [-0.4, -0.2) is 17.4 Å². The Bertz CT molecular complexity index is 838. The first-order chi connectivity index (χ1) is 12.5. The van der Waals surface area contributed by atoms with Gasteiger partial charge < -0.3 is 10.1 Å². The van der Waals surface area contributed by atoms with E-state index in [0.717, 1.165) is 23.4 Å². The van der Waals surface area contributed by atoms with Crippen molar-refractivity contribution in [1.29, 1.82) is 0 Å². The largest absolute Gasteiger partial charge is 0.457 e. The van der Waals surface area contributed by atoms with Crippen molar-refractivity contribution in [2.75, 3.05) is 0 Å². The highest BCUT2D eigenvalue weighted by molar-refractivity contribution is 6.04. The Morgan fingerprint density at radius 2 is 1.78 bits per heavy atom. The van der Waals surface area contributed by atoms with Crippen molar-refractivity contribution in [2.24, 2.45) is 5.41 Å². The van der Waals surface area contributed by atoms with Crippen LogP contribution >= 0.6 is 0 Å². The van der Waals surface area contributed by atoms with Gasteiger partial charge in [0.2, 0.25) is 0 Å². The van der Waals surface area contributed by atoms with Gasteiger partial charge in [-0.05, 0) is 45.1 Å². The van der Waals surface area contributed by atoms with E-state index < -0.39 is 5.60 Å². The van der Waals surface area contributed by atoms with Crippen molar-refractivity contribution in [1.82, 2.24) is 5.32 Å². The Morgan fingerprint density at radius 1 is 1.15 bits per heavy atom. The molecule has 1 aliphatic carbocycles. The van der Waals surface area contributed by atoms with E-state index in [9.17, 15) is 9.59 Å². The molecule has 0 fully saturated rings. The summed E-state index contributed by atoms with van der Waals surface area (Å²) in [5.41, 5.74) is 3.21. The number of Topliss-reactive ketones (excluding diaryl/α,β-unsaturated/α-hetero) is 1. The van der Waals surface area contributed by atoms with Crippen LogP contribution in [0.1, 0.15) is 65.9 Å². The van der Waals surface area contributed by atoms with Gasteiger partial charge in [0, 0.05) is 29.3 Å². The molecular weight excluding hydrogens is 338 g/mol. The maximum Gasteiger partial charge on any atom is 0.337 e. The summed E-state index contributed by atoms with van der Waals surface area (Å²) in [4.78, 5) is 26.2. The second-order valence-electron chi connectivity index (χ2n) is 9.34. The molecular formula is C23H29NO3. The van der Waals surface area contributed by atoms with E-state index in [1.165, 1.54) is 0 Å². The van der Waals surface area contributed by atoms with E-state index in [1.807, 2.05) is 58.0 Å². The molecule has 1 heterocycles. The standard InChI is InChI=1S/C23H29NO3/c1-14-18(21(26)27-22(2,3)4)19(15-10-8-7-9-11-15)20-16(24-14)12-23(5,6)13-17(20)25/h7-11,19,24H,12-13H2,1-6H3/t19-/m0/s1. The van der Waals surface area contributed by atoms with Gasteiger partial charge in [-0.15, -0.1) is 0 Å². The molecule has 4 nitrogen and oxygen atoms in total. The Morgan fingerprint density at radius 3 is 2.37 bits per heavy atom. The smallest absolute Gasteiger partial charge is 0.337 e. The van der Waals surface area contributed by atoms with Crippen molar-refractivity contribution in [2.45, 2.75) is 65.9 Å². The van der Waals surface area contributed by atoms with Gasteiger partial charge in [0.1, 0.15) is 5.60 Å². The molecule has 3 rings (SSSR count). The lowest BCUT2D eigenvalue weighted by atomic mass is 9.68. The third kappa shape index (κ3) is 4.00. The molecule has 1 aliphatic heterocycles. The minimum absolute atomic E-state index is 0.0894. The molecule has 1 aromatic carbocycles. The molecule has 0 bridgehead atoms. The zero-order valence-electron chi connectivity index (χ0n) is 17.1. The van der Waals surface area contributed by atoms with Crippen LogP contribution in [0.25, 0.3) is 0 Å². The lowest BCUT2D eigenvalue weighted by molar-refractivity contribution is -0.150. The predicted octanol–water partition coefficient (Wildman–Crippen LogP) is 4.63. The Balaban J connectivity index is 2.14. The number of benzene rings is 1. The minimum atomic E-state index is -0.598. The first-order valence-electron chi connectivity index (χ1n) is 9.51. The molecule has 0 saturated heterocycles. The maximum absolute atomic E-state index is 13.1. The van der Waals surface area contributed by atoms with Crippen LogP contribution in [-0.2, 0) is 14.3 Å². The number of allylic oxidation sites excluding steroid dienone is 3. The molecule has 0 aromatic heterocycles. The van der Waals surface area contributed by atoms with E-state index in [-0.39, 0.29) is 23.1 Å². The number of ketones is 1. The van der Waals surface area contributed by atoms with Crippen LogP contribution in [0.2, 0.25) is 0 Å². The monoisotopic (exact) mass is 367 g/mol. The van der Waals surface area contributed by atoms with Gasteiger partial charge in [0.25, 0.3) is 0 Å². The van der Waals surface area contributed by atoms with Crippen LogP contribution in [0.5, 0.6) is 0 Å². The molecule has 1 N–H and O–H groups in total. The molecule has 0 amide bonds. The Kier molecular flexibility index (Phi) is 4.79. The summed E-state index contributed by atoms with van der Waals surface area (Å²) in [6, 6.07) is 9.78. The summed E-state index contributed by atoms with van der Waals surface area (Å²) in [6.07, 6.45) is 1.27. The number of hydrogen-bond acceptors (Lipinski definition) is 4. The van der Waals surface area contributed by atoms with E-state index in [1.54, 1.807) is 0 Å². The summed E-state index contributed by atoms with van der Waals surface area (Å²) < 4.78 is 5.68. The average molecular weight is 367 g/mol. The van der Waals surface area contributed by atoms with E-state index in [0.29, 0.717) is 17.6 Å². The quantitative estimate of drug-likeness (QED) is 0.774. The SMILES string of the molecule is CC1=C(C(=O)OC(C)(C)C)[C@H](c2ccccc2)C2=C(CC(C)(C)CC2=O)N1. The van der Waals surface area contributed by atoms with Crippen molar-refractivity contribution in [3.63, 3.8) is 0 Å². The highest BCUT2D eigenvalue weighted by Crippen LogP contribution is 2.46. The zero-order chi connectivity index (χ0) is 20.0. The second kappa shape index (κ2) is 6.66. The summed E-state index contributed by atoms with van der Waals surface area (Å²) in [5.74, 6) is -0.650. The highest BCUT2D eigenvalue weighted by Gasteiger charge is 2.43. The Labute approximate surface area is 161 Å². The normalized spacial score (nSPS) is 22.3. The molecule has 0 radical (unpaired) electrons. The van der Waals surface area contributed by atoms with Gasteiger partial charge in [-0.1, -0.05) is 44.2 Å². The van der Waals surface area contributed by atoms with Gasteiger partial charge in [-0.2, -0.15) is 0 Å². The van der Waals surface area contributed by atoms with Gasteiger partial charge in [-0.25, -0.2) is 4.79 Å². The van der Waals surface area contributed by atoms with Crippen LogP contribution in [0.3, 0.4) is 0 Å². The fourth-order valence-electron chi connectivity index (χ4n) is 4.02. The lowest BCUT2D eigenvalue weighted by Gasteiger charge is -2.39. The van der Waals surface area contributed by atoms with Gasteiger partial charge >= 0.3 is 5.97 Å². The van der Waals surface area contributed by atoms with Crippen molar-refractivity contribution in [3.8, 4) is 0 Å². The van der Waals surface area contributed by atoms with Gasteiger partial charge in [0.15, 0.2) is 5.78 Å². The van der Waals surface area contributed by atoms with Crippen molar-refractivity contribution >= 4 is 11.8 Å². The number of dihydropyridines is 1. The molecule has 0 saturated carbocycles. The molecule has 1 atom stereocenters. The molecule has 27 heavy (non-hydrogen) atoms. The first-order valence-corrected chi connectivity index (χ1v) is 9.51. The molecule has 4 heteroatoms. The molecule has 0 unspecified atom stereocenters. The van der Waals surface area contributed by atoms with E-state index >= 15 is 0 Å². The average Bonchev–Trinajstić information content (AvgIpc) is 2.51. The number of nitrogens with one attached hydrogen (secondary N) is 1. The number of ether oxygens (including phenoxy) is 1. The van der Waals surface area contributed by atoms with Gasteiger partial charge in [0.05, 0.1) is 5.57 Å². The van der Waals surface area contributed by atoms with Crippen molar-refractivity contribution < 1.29 is 14.3 Å². The minimum Gasteiger partial charge on any atom is -0.457 e. The topological polar surface area (TPSA) is 55.4 Å². The third-order valence-corrected chi connectivity index (χ3v) is 4.99. The zero-order valence-corrected chi connectivity index (χ0v) is 17.1. The molecule has 0 spiro atoms. The molecule has 1 aromatic rings. The van der Waals surface area contributed by atoms with Crippen LogP contribution < -0.4 is 5.32 Å². The lowest BCUT2D eigenvalue weighted by Crippen LogP contribution is -2.39. The molecule has 2 aliphatic rings. The highest BCUT2D eigenvalue weighted by atomic mass is 16.6. The predicted molar refractivity (Wildman–Crippen MR) is 106 cm³/mol. The fourth-order valence-corrected chi connectivity index (χ4v) is 4.02.